The number of pyridine rings is 1. The lowest BCUT2D eigenvalue weighted by Gasteiger charge is -2.32. The lowest BCUT2D eigenvalue weighted by atomic mass is 10.2. The zero-order chi connectivity index (χ0) is 14.7. The average molecular weight is 284 g/mol. The van der Waals surface area contributed by atoms with Gasteiger partial charge < -0.3 is 15.1 Å². The van der Waals surface area contributed by atoms with Gasteiger partial charge in [0.05, 0.1) is 12.1 Å². The first kappa shape index (κ1) is 13.8. The van der Waals surface area contributed by atoms with E-state index in [9.17, 15) is 4.79 Å². The Morgan fingerprint density at radius 1 is 1.19 bits per heavy atom. The zero-order valence-electron chi connectivity index (χ0n) is 12.2. The number of aromatic nitrogens is 1. The molecule has 1 aliphatic heterocycles. The van der Waals surface area contributed by atoms with Gasteiger partial charge >= 0.3 is 0 Å². The highest BCUT2D eigenvalue weighted by molar-refractivity contribution is 5.92. The van der Waals surface area contributed by atoms with Crippen LogP contribution in [0.2, 0.25) is 0 Å². The monoisotopic (exact) mass is 284 g/mol. The fourth-order valence-corrected chi connectivity index (χ4v) is 2.59. The van der Waals surface area contributed by atoms with Crippen molar-refractivity contribution in [2.24, 2.45) is 0 Å². The van der Waals surface area contributed by atoms with Crippen molar-refractivity contribution in [3.63, 3.8) is 0 Å². The number of rotatable bonds is 3. The van der Waals surface area contributed by atoms with Gasteiger partial charge in [-0.1, -0.05) is 18.2 Å². The molecule has 0 bridgehead atoms. The van der Waals surface area contributed by atoms with Crippen molar-refractivity contribution in [2.75, 3.05) is 45.1 Å². The molecule has 21 heavy (non-hydrogen) atoms. The molecule has 0 radical (unpaired) electrons. The lowest BCUT2D eigenvalue weighted by molar-refractivity contribution is -0.130. The maximum Gasteiger partial charge on any atom is 0.241 e. The summed E-state index contributed by atoms with van der Waals surface area (Å²) >= 11 is 0. The maximum absolute atomic E-state index is 12.2. The SMILES string of the molecule is CN1CCN(C(=O)CNc2ccnc3ccccc23)CC1. The largest absolute Gasteiger partial charge is 0.376 e. The maximum atomic E-state index is 12.2. The van der Waals surface area contributed by atoms with Gasteiger partial charge in [0.15, 0.2) is 0 Å². The zero-order valence-corrected chi connectivity index (χ0v) is 12.2. The van der Waals surface area contributed by atoms with E-state index >= 15 is 0 Å². The van der Waals surface area contributed by atoms with Crippen LogP contribution in [-0.2, 0) is 4.79 Å². The van der Waals surface area contributed by atoms with Crippen LogP contribution in [0.1, 0.15) is 0 Å². The Labute approximate surface area is 124 Å². The molecule has 1 fully saturated rings. The van der Waals surface area contributed by atoms with Crippen LogP contribution in [0.5, 0.6) is 0 Å². The standard InChI is InChI=1S/C16H20N4O/c1-19-8-10-20(11-9-19)16(21)12-18-15-6-7-17-14-5-3-2-4-13(14)15/h2-7H,8-12H2,1H3,(H,17,18). The molecule has 1 N–H and O–H groups in total. The Bertz CT molecular complexity index is 630. The molecule has 0 spiro atoms. The van der Waals surface area contributed by atoms with E-state index in [1.54, 1.807) is 6.20 Å². The molecule has 1 aromatic heterocycles. The number of nitrogens with one attached hydrogen (secondary N) is 1. The van der Waals surface area contributed by atoms with Crippen molar-refractivity contribution >= 4 is 22.5 Å². The molecule has 110 valence electrons. The van der Waals surface area contributed by atoms with Crippen LogP contribution < -0.4 is 5.32 Å². The van der Waals surface area contributed by atoms with E-state index in [0.717, 1.165) is 42.8 Å². The number of piperazine rings is 1. The van der Waals surface area contributed by atoms with E-state index in [-0.39, 0.29) is 5.91 Å². The van der Waals surface area contributed by atoms with Gasteiger partial charge in [0.1, 0.15) is 0 Å². The minimum atomic E-state index is 0.156. The summed E-state index contributed by atoms with van der Waals surface area (Å²) in [7, 11) is 2.09. The van der Waals surface area contributed by atoms with Crippen LogP contribution in [0.3, 0.4) is 0 Å². The van der Waals surface area contributed by atoms with Crippen LogP contribution in [-0.4, -0.2) is 60.5 Å². The molecular weight excluding hydrogens is 264 g/mol. The number of hydrogen-bond acceptors (Lipinski definition) is 4. The first-order valence-electron chi connectivity index (χ1n) is 7.28. The number of fused-ring (bicyclic) bond motifs is 1. The summed E-state index contributed by atoms with van der Waals surface area (Å²) in [6.07, 6.45) is 1.77. The topological polar surface area (TPSA) is 48.5 Å². The molecule has 1 aromatic carbocycles. The molecule has 5 nitrogen and oxygen atoms in total. The predicted octanol–water partition coefficient (Wildman–Crippen LogP) is 1.42. The van der Waals surface area contributed by atoms with E-state index in [1.807, 2.05) is 35.2 Å². The molecule has 2 aromatic rings. The van der Waals surface area contributed by atoms with Crippen molar-refractivity contribution < 1.29 is 4.79 Å². The number of para-hydroxylation sites is 1. The summed E-state index contributed by atoms with van der Waals surface area (Å²) in [6.45, 7) is 3.85. The van der Waals surface area contributed by atoms with E-state index in [0.29, 0.717) is 6.54 Å². The highest BCUT2D eigenvalue weighted by atomic mass is 16.2. The fraction of sp³-hybridized carbons (Fsp3) is 0.375. The Balaban J connectivity index is 1.65. The molecular formula is C16H20N4O. The lowest BCUT2D eigenvalue weighted by Crippen LogP contribution is -2.48. The fourth-order valence-electron chi connectivity index (χ4n) is 2.59. The molecule has 1 saturated heterocycles. The third kappa shape index (κ3) is 3.13. The first-order chi connectivity index (χ1) is 10.2. The summed E-state index contributed by atoms with van der Waals surface area (Å²) in [4.78, 5) is 20.7. The number of likely N-dealkylation sites (N-methyl/N-ethyl adjacent to an activating group) is 1. The Morgan fingerprint density at radius 3 is 2.76 bits per heavy atom. The van der Waals surface area contributed by atoms with Crippen LogP contribution in [0, 0.1) is 0 Å². The number of amides is 1. The third-order valence-corrected chi connectivity index (χ3v) is 3.94. The van der Waals surface area contributed by atoms with E-state index in [2.05, 4.69) is 22.2 Å². The highest BCUT2D eigenvalue weighted by Crippen LogP contribution is 2.20. The third-order valence-electron chi connectivity index (χ3n) is 3.94. The number of carbonyl (C=O) groups excluding carboxylic acids is 1. The van der Waals surface area contributed by atoms with Gasteiger partial charge in [-0.05, 0) is 19.2 Å². The summed E-state index contributed by atoms with van der Waals surface area (Å²) in [5, 5.41) is 4.30. The van der Waals surface area contributed by atoms with Gasteiger partial charge in [-0.2, -0.15) is 0 Å². The molecule has 1 amide bonds. The second-order valence-electron chi connectivity index (χ2n) is 5.41. The molecule has 5 heteroatoms. The first-order valence-corrected chi connectivity index (χ1v) is 7.28. The van der Waals surface area contributed by atoms with Crippen molar-refractivity contribution in [1.29, 1.82) is 0 Å². The summed E-state index contributed by atoms with van der Waals surface area (Å²) in [5.41, 5.74) is 1.90. The average Bonchev–Trinajstić information content (AvgIpc) is 2.53. The van der Waals surface area contributed by atoms with Crippen LogP contribution in [0.25, 0.3) is 10.9 Å². The normalized spacial score (nSPS) is 16.1. The predicted molar refractivity (Wildman–Crippen MR) is 84.3 cm³/mol. The second kappa shape index (κ2) is 6.10. The van der Waals surface area contributed by atoms with Gasteiger partial charge in [-0.15, -0.1) is 0 Å². The quantitative estimate of drug-likeness (QED) is 0.926. The smallest absolute Gasteiger partial charge is 0.241 e. The van der Waals surface area contributed by atoms with Crippen molar-refractivity contribution in [1.82, 2.24) is 14.8 Å². The number of hydrogen-bond donors (Lipinski definition) is 1. The van der Waals surface area contributed by atoms with Gasteiger partial charge in [-0.3, -0.25) is 9.78 Å². The number of carbonyl (C=O) groups is 1. The number of anilines is 1. The molecule has 0 aliphatic carbocycles. The Kier molecular flexibility index (Phi) is 4.01. The van der Waals surface area contributed by atoms with E-state index in [1.165, 1.54) is 0 Å². The molecule has 3 rings (SSSR count). The Hall–Kier alpha value is -2.14. The molecule has 0 atom stereocenters. The highest BCUT2D eigenvalue weighted by Gasteiger charge is 2.18. The number of nitrogens with zero attached hydrogens (tertiary/aromatic N) is 3. The summed E-state index contributed by atoms with van der Waals surface area (Å²) in [5.74, 6) is 0.156. The van der Waals surface area contributed by atoms with Gasteiger partial charge in [-0.25, -0.2) is 0 Å². The summed E-state index contributed by atoms with van der Waals surface area (Å²) in [6, 6.07) is 9.86. The minimum Gasteiger partial charge on any atom is -0.376 e. The Morgan fingerprint density at radius 2 is 1.95 bits per heavy atom. The van der Waals surface area contributed by atoms with Crippen molar-refractivity contribution in [3.8, 4) is 0 Å². The van der Waals surface area contributed by atoms with Crippen molar-refractivity contribution in [2.45, 2.75) is 0 Å². The van der Waals surface area contributed by atoms with Gasteiger partial charge in [0.2, 0.25) is 5.91 Å². The van der Waals surface area contributed by atoms with Crippen LogP contribution in [0.4, 0.5) is 5.69 Å². The van der Waals surface area contributed by atoms with E-state index in [4.69, 9.17) is 0 Å². The molecule has 0 unspecified atom stereocenters. The van der Waals surface area contributed by atoms with Crippen molar-refractivity contribution in [3.05, 3.63) is 36.5 Å². The molecule has 2 heterocycles. The van der Waals surface area contributed by atoms with Gasteiger partial charge in [0, 0.05) is 43.4 Å². The minimum absolute atomic E-state index is 0.156. The molecule has 0 saturated carbocycles. The molecule has 1 aliphatic rings. The number of benzene rings is 1. The van der Waals surface area contributed by atoms with Crippen LogP contribution in [0.15, 0.2) is 36.5 Å². The van der Waals surface area contributed by atoms with E-state index < -0.39 is 0 Å². The van der Waals surface area contributed by atoms with Crippen LogP contribution >= 0.6 is 0 Å². The second-order valence-corrected chi connectivity index (χ2v) is 5.41. The summed E-state index contributed by atoms with van der Waals surface area (Å²) < 4.78 is 0. The van der Waals surface area contributed by atoms with Gasteiger partial charge in [0.25, 0.3) is 0 Å².